The predicted octanol–water partition coefficient (Wildman–Crippen LogP) is 8.24. The third kappa shape index (κ3) is 5.03. The molecule has 0 aliphatic heterocycles. The fourth-order valence-electron chi connectivity index (χ4n) is 12.7. The van der Waals surface area contributed by atoms with E-state index in [1.54, 1.807) is 25.4 Å². The zero-order valence-electron chi connectivity index (χ0n) is 28.7. The van der Waals surface area contributed by atoms with Crippen molar-refractivity contribution in [2.24, 2.45) is 56.7 Å². The Bertz CT molecular complexity index is 1350. The van der Waals surface area contributed by atoms with Crippen molar-refractivity contribution in [1.82, 2.24) is 4.98 Å². The second-order valence-corrected chi connectivity index (χ2v) is 17.0. The van der Waals surface area contributed by atoms with E-state index in [1.807, 2.05) is 18.2 Å². The number of ketones is 1. The number of carbonyl (C=O) groups is 3. The Labute approximate surface area is 270 Å². The summed E-state index contributed by atoms with van der Waals surface area (Å²) in [6.07, 6.45) is 17.8. The summed E-state index contributed by atoms with van der Waals surface area (Å²) in [6.45, 7) is 15.9. The maximum atomic E-state index is 14.1. The number of ether oxygens (including phenoxy) is 2. The van der Waals surface area contributed by atoms with Gasteiger partial charge in [0.05, 0.1) is 6.61 Å². The first-order chi connectivity index (χ1) is 21.2. The van der Waals surface area contributed by atoms with E-state index >= 15 is 0 Å². The fraction of sp³-hybridized carbons (Fsp3) is 0.744. The normalized spacial score (nSPS) is 43.4. The van der Waals surface area contributed by atoms with Crippen LogP contribution in [0.5, 0.6) is 0 Å². The first-order valence-corrected chi connectivity index (χ1v) is 17.6. The summed E-state index contributed by atoms with van der Waals surface area (Å²) >= 11 is 0. The molecule has 10 atom stereocenters. The van der Waals surface area contributed by atoms with Crippen molar-refractivity contribution >= 4 is 23.8 Å². The Morgan fingerprint density at radius 3 is 2.33 bits per heavy atom. The molecule has 5 fully saturated rings. The van der Waals surface area contributed by atoms with Crippen LogP contribution < -0.4 is 0 Å². The Morgan fingerprint density at radius 1 is 0.867 bits per heavy atom. The zero-order valence-corrected chi connectivity index (χ0v) is 28.7. The molecule has 0 aromatic carbocycles. The van der Waals surface area contributed by atoms with Gasteiger partial charge in [0.25, 0.3) is 0 Å². The van der Waals surface area contributed by atoms with Gasteiger partial charge in [0.2, 0.25) is 0 Å². The predicted molar refractivity (Wildman–Crippen MR) is 175 cm³/mol. The number of nitrogens with zero attached hydrogens (tertiary/aromatic N) is 1. The van der Waals surface area contributed by atoms with Gasteiger partial charge in [-0.2, -0.15) is 0 Å². The molecule has 5 aliphatic carbocycles. The van der Waals surface area contributed by atoms with Crippen LogP contribution in [-0.4, -0.2) is 35.4 Å². The molecule has 0 unspecified atom stereocenters. The topological polar surface area (TPSA) is 82.6 Å². The molecule has 0 bridgehead atoms. The molecule has 0 spiro atoms. The van der Waals surface area contributed by atoms with E-state index in [2.05, 4.69) is 39.6 Å². The first-order valence-electron chi connectivity index (χ1n) is 17.6. The molecule has 6 nitrogen and oxygen atoms in total. The Balaban J connectivity index is 1.33. The van der Waals surface area contributed by atoms with Gasteiger partial charge in [-0.15, -0.1) is 0 Å². The molecule has 0 amide bonds. The molecule has 1 aromatic rings. The SMILES string of the molecule is CC(=O)OC[C@]12CC[C@@H](C(=O)/C=C/c3cccnc3)[C@@H]1[C@H]1CC[C@@H]3[C@@]4(C)CC[C@H](OC(C)=O)C(C)(C)[C@@H]4CC[C@@]3(C)[C@]1(C)CC2. The number of carbonyl (C=O) groups excluding carboxylic acids is 3. The van der Waals surface area contributed by atoms with Gasteiger partial charge in [-0.25, -0.2) is 0 Å². The second-order valence-electron chi connectivity index (χ2n) is 17.0. The van der Waals surface area contributed by atoms with E-state index in [0.717, 1.165) is 56.9 Å². The maximum Gasteiger partial charge on any atom is 0.302 e. The summed E-state index contributed by atoms with van der Waals surface area (Å²) in [7, 11) is 0. The van der Waals surface area contributed by atoms with E-state index < -0.39 is 0 Å². The van der Waals surface area contributed by atoms with Crippen LogP contribution in [0.3, 0.4) is 0 Å². The third-order valence-corrected chi connectivity index (χ3v) is 14.9. The van der Waals surface area contributed by atoms with Gasteiger partial charge in [0.15, 0.2) is 5.78 Å². The van der Waals surface area contributed by atoms with Gasteiger partial charge in [0, 0.05) is 43.0 Å². The number of fused-ring (bicyclic) bond motifs is 7. The van der Waals surface area contributed by atoms with E-state index in [1.165, 1.54) is 19.8 Å². The lowest BCUT2D eigenvalue weighted by Crippen LogP contribution is -2.67. The lowest BCUT2D eigenvalue weighted by atomic mass is 9.32. The van der Waals surface area contributed by atoms with Crippen molar-refractivity contribution in [2.45, 2.75) is 119 Å². The Morgan fingerprint density at radius 2 is 1.64 bits per heavy atom. The average molecular weight is 618 g/mol. The van der Waals surface area contributed by atoms with Gasteiger partial charge in [-0.05, 0) is 128 Å². The van der Waals surface area contributed by atoms with E-state index in [0.29, 0.717) is 24.4 Å². The van der Waals surface area contributed by atoms with Crippen LogP contribution in [0.4, 0.5) is 0 Å². The monoisotopic (exact) mass is 617 g/mol. The zero-order chi connectivity index (χ0) is 32.4. The van der Waals surface area contributed by atoms with Crippen molar-refractivity contribution in [1.29, 1.82) is 0 Å². The van der Waals surface area contributed by atoms with Crippen LogP contribution in [0, 0.1) is 56.7 Å². The molecule has 0 saturated heterocycles. The van der Waals surface area contributed by atoms with Crippen LogP contribution >= 0.6 is 0 Å². The highest BCUT2D eigenvalue weighted by Gasteiger charge is 2.71. The van der Waals surface area contributed by atoms with Crippen LogP contribution in [0.25, 0.3) is 6.08 Å². The van der Waals surface area contributed by atoms with Crippen molar-refractivity contribution in [3.63, 3.8) is 0 Å². The van der Waals surface area contributed by atoms with Crippen molar-refractivity contribution in [3.05, 3.63) is 36.2 Å². The van der Waals surface area contributed by atoms with Gasteiger partial charge < -0.3 is 9.47 Å². The summed E-state index contributed by atoms with van der Waals surface area (Å²) in [5, 5.41) is 0. The number of esters is 2. The minimum Gasteiger partial charge on any atom is -0.465 e. The molecule has 6 rings (SSSR count). The number of hydrogen-bond donors (Lipinski definition) is 0. The smallest absolute Gasteiger partial charge is 0.302 e. The largest absolute Gasteiger partial charge is 0.465 e. The molecular formula is C39H55NO5. The lowest BCUT2D eigenvalue weighted by Gasteiger charge is -2.73. The highest BCUT2D eigenvalue weighted by atomic mass is 16.5. The van der Waals surface area contributed by atoms with Gasteiger partial charge in [-0.1, -0.05) is 40.7 Å². The summed E-state index contributed by atoms with van der Waals surface area (Å²) in [5.41, 5.74) is 1.18. The van der Waals surface area contributed by atoms with Gasteiger partial charge >= 0.3 is 11.9 Å². The molecule has 1 heterocycles. The van der Waals surface area contributed by atoms with Crippen molar-refractivity contribution in [2.75, 3.05) is 6.61 Å². The number of allylic oxidation sites excluding steroid dienone is 1. The number of aromatic nitrogens is 1. The van der Waals surface area contributed by atoms with E-state index in [4.69, 9.17) is 9.47 Å². The molecule has 6 heteroatoms. The maximum absolute atomic E-state index is 14.1. The molecule has 0 N–H and O–H groups in total. The highest BCUT2D eigenvalue weighted by Crippen LogP contribution is 2.77. The molecule has 45 heavy (non-hydrogen) atoms. The minimum atomic E-state index is -0.225. The standard InChI is InChI=1S/C39H55NO5/c1-25(41)44-24-39-19-14-28(30(43)12-10-27-9-8-22-40-23-27)34(39)29-11-13-32-36(5)17-16-33(45-26(2)42)35(3,4)31(36)15-18-38(32,7)37(29,6)20-21-39/h8-10,12,22-23,28-29,31-34H,11,13-21,24H2,1-7H3/b12-10+/t28-,29+,31-,32+,33-,34+,36-,37+,38+,39+/m0/s1. The van der Waals surface area contributed by atoms with Gasteiger partial charge in [0.1, 0.15) is 6.10 Å². The molecule has 5 aliphatic rings. The number of rotatable bonds is 6. The van der Waals surface area contributed by atoms with Crippen LogP contribution in [0.15, 0.2) is 30.6 Å². The second kappa shape index (κ2) is 11.3. The molecule has 246 valence electrons. The average Bonchev–Trinajstić information content (AvgIpc) is 3.37. The van der Waals surface area contributed by atoms with E-state index in [9.17, 15) is 14.4 Å². The fourth-order valence-corrected chi connectivity index (χ4v) is 12.7. The lowest BCUT2D eigenvalue weighted by molar-refractivity contribution is -0.252. The van der Waals surface area contributed by atoms with Crippen LogP contribution in [-0.2, 0) is 23.9 Å². The summed E-state index contributed by atoms with van der Waals surface area (Å²) in [4.78, 5) is 42.4. The third-order valence-electron chi connectivity index (χ3n) is 14.9. The van der Waals surface area contributed by atoms with Crippen LogP contribution in [0.1, 0.15) is 118 Å². The molecule has 1 aromatic heterocycles. The molecule has 0 radical (unpaired) electrons. The summed E-state index contributed by atoms with van der Waals surface area (Å²) in [6, 6.07) is 3.88. The van der Waals surface area contributed by atoms with Crippen molar-refractivity contribution < 1.29 is 23.9 Å². The van der Waals surface area contributed by atoms with Gasteiger partial charge in [-0.3, -0.25) is 19.4 Å². The van der Waals surface area contributed by atoms with Crippen LogP contribution in [0.2, 0.25) is 0 Å². The number of pyridine rings is 1. The quantitative estimate of drug-likeness (QED) is 0.236. The molecule has 5 saturated carbocycles. The summed E-state index contributed by atoms with van der Waals surface area (Å²) < 4.78 is 11.8. The Kier molecular flexibility index (Phi) is 8.17. The summed E-state index contributed by atoms with van der Waals surface area (Å²) in [5.74, 6) is 1.49. The van der Waals surface area contributed by atoms with Crippen molar-refractivity contribution in [3.8, 4) is 0 Å². The number of hydrogen-bond acceptors (Lipinski definition) is 6. The molecular weight excluding hydrogens is 562 g/mol. The highest BCUT2D eigenvalue weighted by molar-refractivity contribution is 5.95. The minimum absolute atomic E-state index is 0.0223. The van der Waals surface area contributed by atoms with E-state index in [-0.39, 0.29) is 62.7 Å². The Hall–Kier alpha value is -2.50. The first kappa shape index (κ1) is 32.4.